The molecule has 0 aliphatic heterocycles. The molecule has 1 fully saturated rings. The molecule has 2 atom stereocenters. The van der Waals surface area contributed by atoms with E-state index in [0.717, 1.165) is 30.6 Å². The van der Waals surface area contributed by atoms with Gasteiger partial charge in [-0.2, -0.15) is 0 Å². The summed E-state index contributed by atoms with van der Waals surface area (Å²) in [6.07, 6.45) is 1.78. The summed E-state index contributed by atoms with van der Waals surface area (Å²) in [5, 5.41) is 0. The number of carbonyl (C=O) groups is 1. The molecule has 0 bridgehead atoms. The van der Waals surface area contributed by atoms with Crippen molar-refractivity contribution in [3.8, 4) is 0 Å². The number of hydrogen-bond acceptors (Lipinski definition) is 2. The second-order valence-electron chi connectivity index (χ2n) is 4.66. The van der Waals surface area contributed by atoms with E-state index in [2.05, 4.69) is 0 Å². The normalized spacial score (nSPS) is 25.8. The lowest BCUT2D eigenvalue weighted by molar-refractivity contribution is -0.132. The van der Waals surface area contributed by atoms with E-state index in [9.17, 15) is 13.6 Å². The van der Waals surface area contributed by atoms with Crippen molar-refractivity contribution in [2.24, 2.45) is 11.7 Å². The zero-order valence-electron chi connectivity index (χ0n) is 9.66. The Kier molecular flexibility index (Phi) is 5.12. The van der Waals surface area contributed by atoms with Crippen LogP contribution in [0.25, 0.3) is 0 Å². The van der Waals surface area contributed by atoms with Crippen LogP contribution in [0.5, 0.6) is 0 Å². The Hall–Kier alpha value is -0.710. The monoisotopic (exact) mass is 234 g/mol. The number of nitrogens with two attached hydrogens (primary N) is 1. The van der Waals surface area contributed by atoms with Crippen LogP contribution in [0.3, 0.4) is 0 Å². The second kappa shape index (κ2) is 6.13. The van der Waals surface area contributed by atoms with Gasteiger partial charge in [0.15, 0.2) is 0 Å². The molecule has 0 heterocycles. The SMILES string of the molecule is CN(CC(F)F)C(=O)CC1CCCC(N)C1. The predicted molar refractivity (Wildman–Crippen MR) is 58.2 cm³/mol. The molecule has 0 aromatic rings. The Balaban J connectivity index is 2.32. The maximum Gasteiger partial charge on any atom is 0.255 e. The van der Waals surface area contributed by atoms with Gasteiger partial charge in [-0.3, -0.25) is 4.79 Å². The number of alkyl halides is 2. The maximum absolute atomic E-state index is 12.1. The van der Waals surface area contributed by atoms with Crippen molar-refractivity contribution in [1.29, 1.82) is 0 Å². The second-order valence-corrected chi connectivity index (χ2v) is 4.66. The van der Waals surface area contributed by atoms with Crippen LogP contribution in [-0.2, 0) is 4.79 Å². The van der Waals surface area contributed by atoms with Crippen molar-refractivity contribution in [3.05, 3.63) is 0 Å². The predicted octanol–water partition coefficient (Wildman–Crippen LogP) is 1.62. The van der Waals surface area contributed by atoms with Gasteiger partial charge in [0.1, 0.15) is 0 Å². The molecule has 1 amide bonds. The van der Waals surface area contributed by atoms with Crippen molar-refractivity contribution >= 4 is 5.91 Å². The Morgan fingerprint density at radius 1 is 1.50 bits per heavy atom. The Bertz CT molecular complexity index is 236. The van der Waals surface area contributed by atoms with E-state index in [4.69, 9.17) is 5.73 Å². The Labute approximate surface area is 95.0 Å². The van der Waals surface area contributed by atoms with E-state index in [1.54, 1.807) is 0 Å². The Morgan fingerprint density at radius 2 is 2.19 bits per heavy atom. The number of halogens is 2. The fourth-order valence-electron chi connectivity index (χ4n) is 2.23. The van der Waals surface area contributed by atoms with Gasteiger partial charge in [0.25, 0.3) is 6.43 Å². The summed E-state index contributed by atoms with van der Waals surface area (Å²) >= 11 is 0. The van der Waals surface area contributed by atoms with Gasteiger partial charge in [0, 0.05) is 19.5 Å². The van der Waals surface area contributed by atoms with Crippen LogP contribution in [0, 0.1) is 5.92 Å². The minimum Gasteiger partial charge on any atom is -0.340 e. The first-order valence-corrected chi connectivity index (χ1v) is 5.76. The van der Waals surface area contributed by atoms with Crippen molar-refractivity contribution in [3.63, 3.8) is 0 Å². The highest BCUT2D eigenvalue weighted by Crippen LogP contribution is 2.26. The highest BCUT2D eigenvalue weighted by Gasteiger charge is 2.23. The summed E-state index contributed by atoms with van der Waals surface area (Å²) in [6.45, 7) is -0.475. The van der Waals surface area contributed by atoms with Gasteiger partial charge >= 0.3 is 0 Å². The lowest BCUT2D eigenvalue weighted by Crippen LogP contribution is -2.35. The van der Waals surface area contributed by atoms with Gasteiger partial charge in [0.2, 0.25) is 5.91 Å². The van der Waals surface area contributed by atoms with Gasteiger partial charge in [-0.15, -0.1) is 0 Å². The van der Waals surface area contributed by atoms with Crippen LogP contribution in [0.1, 0.15) is 32.1 Å². The molecule has 1 aliphatic rings. The average molecular weight is 234 g/mol. The molecule has 1 saturated carbocycles. The topological polar surface area (TPSA) is 46.3 Å². The number of nitrogens with zero attached hydrogens (tertiary/aromatic N) is 1. The molecule has 16 heavy (non-hydrogen) atoms. The first kappa shape index (κ1) is 13.4. The van der Waals surface area contributed by atoms with Crippen molar-refractivity contribution in [2.75, 3.05) is 13.6 Å². The van der Waals surface area contributed by atoms with Crippen LogP contribution < -0.4 is 5.73 Å². The van der Waals surface area contributed by atoms with Gasteiger partial charge in [-0.1, -0.05) is 6.42 Å². The molecule has 94 valence electrons. The zero-order chi connectivity index (χ0) is 12.1. The molecular weight excluding hydrogens is 214 g/mol. The number of carbonyl (C=O) groups excluding carboxylic acids is 1. The molecule has 0 aromatic carbocycles. The fraction of sp³-hybridized carbons (Fsp3) is 0.909. The van der Waals surface area contributed by atoms with E-state index in [0.29, 0.717) is 6.42 Å². The molecule has 0 radical (unpaired) electrons. The number of hydrogen-bond donors (Lipinski definition) is 1. The first-order valence-electron chi connectivity index (χ1n) is 5.76. The van der Waals surface area contributed by atoms with Crippen molar-refractivity contribution in [1.82, 2.24) is 4.90 Å². The van der Waals surface area contributed by atoms with Crippen molar-refractivity contribution in [2.45, 2.75) is 44.6 Å². The molecule has 2 unspecified atom stereocenters. The standard InChI is InChI=1S/C11H20F2N2O/c1-15(7-10(12)13)11(16)6-8-3-2-4-9(14)5-8/h8-10H,2-7,14H2,1H3. The minimum absolute atomic E-state index is 0.173. The lowest BCUT2D eigenvalue weighted by Gasteiger charge is -2.27. The maximum atomic E-state index is 12.1. The highest BCUT2D eigenvalue weighted by atomic mass is 19.3. The summed E-state index contributed by atoms with van der Waals surface area (Å²) in [6, 6.07) is 0.173. The van der Waals surface area contributed by atoms with Crippen LogP contribution in [0.4, 0.5) is 8.78 Å². The van der Waals surface area contributed by atoms with Crippen LogP contribution in [-0.4, -0.2) is 36.9 Å². The summed E-state index contributed by atoms with van der Waals surface area (Å²) in [5.74, 6) is 0.0794. The molecule has 1 rings (SSSR count). The molecule has 2 N–H and O–H groups in total. The third-order valence-electron chi connectivity index (χ3n) is 3.12. The summed E-state index contributed by atoms with van der Waals surface area (Å²) in [7, 11) is 1.43. The molecule has 1 aliphatic carbocycles. The number of amides is 1. The summed E-state index contributed by atoms with van der Waals surface area (Å²) in [4.78, 5) is 12.7. The highest BCUT2D eigenvalue weighted by molar-refractivity contribution is 5.76. The van der Waals surface area contributed by atoms with E-state index >= 15 is 0 Å². The van der Waals surface area contributed by atoms with Gasteiger partial charge < -0.3 is 10.6 Å². The molecule has 0 spiro atoms. The smallest absolute Gasteiger partial charge is 0.255 e. The quantitative estimate of drug-likeness (QED) is 0.803. The van der Waals surface area contributed by atoms with Crippen LogP contribution in [0.15, 0.2) is 0 Å². The third kappa shape index (κ3) is 4.43. The first-order chi connectivity index (χ1) is 7.49. The average Bonchev–Trinajstić information content (AvgIpc) is 2.16. The van der Waals surface area contributed by atoms with E-state index in [-0.39, 0.29) is 17.9 Å². The zero-order valence-corrected chi connectivity index (χ0v) is 9.66. The van der Waals surface area contributed by atoms with Crippen molar-refractivity contribution < 1.29 is 13.6 Å². The van der Waals surface area contributed by atoms with E-state index < -0.39 is 13.0 Å². The van der Waals surface area contributed by atoms with E-state index in [1.807, 2.05) is 0 Å². The third-order valence-corrected chi connectivity index (χ3v) is 3.12. The lowest BCUT2D eigenvalue weighted by atomic mass is 9.84. The molecule has 0 aromatic heterocycles. The largest absolute Gasteiger partial charge is 0.340 e. The van der Waals surface area contributed by atoms with Crippen LogP contribution in [0.2, 0.25) is 0 Å². The molecule has 5 heteroatoms. The molecular formula is C11H20F2N2O. The van der Waals surface area contributed by atoms with E-state index in [1.165, 1.54) is 7.05 Å². The van der Waals surface area contributed by atoms with Gasteiger partial charge in [-0.25, -0.2) is 8.78 Å². The Morgan fingerprint density at radius 3 is 2.75 bits per heavy atom. The molecule has 3 nitrogen and oxygen atoms in total. The molecule has 0 saturated heterocycles. The summed E-state index contributed by atoms with van der Waals surface area (Å²) < 4.78 is 24.1. The fourth-order valence-corrected chi connectivity index (χ4v) is 2.23. The van der Waals surface area contributed by atoms with Gasteiger partial charge in [-0.05, 0) is 25.2 Å². The minimum atomic E-state index is -2.46. The van der Waals surface area contributed by atoms with Crippen LogP contribution >= 0.6 is 0 Å². The van der Waals surface area contributed by atoms with Gasteiger partial charge in [0.05, 0.1) is 6.54 Å². The number of rotatable bonds is 4. The summed E-state index contributed by atoms with van der Waals surface area (Å²) in [5.41, 5.74) is 5.81.